The van der Waals surface area contributed by atoms with Crippen LogP contribution in [0.4, 0.5) is 0 Å². The quantitative estimate of drug-likeness (QED) is 0.511. The van der Waals surface area contributed by atoms with Crippen LogP contribution in [0.25, 0.3) is 0 Å². The van der Waals surface area contributed by atoms with E-state index >= 15 is 0 Å². The molecule has 3 rings (SSSR count). The van der Waals surface area contributed by atoms with E-state index in [1.165, 1.54) is 0 Å². The molecule has 2 unspecified atom stereocenters. The molecular formula is C20H21Cl2N5O2. The summed E-state index contributed by atoms with van der Waals surface area (Å²) in [5.74, 6) is 0.0125. The summed E-state index contributed by atoms with van der Waals surface area (Å²) in [5, 5.41) is 9.88. The molecule has 152 valence electrons. The molecule has 0 aliphatic carbocycles. The van der Waals surface area contributed by atoms with Crippen LogP contribution in [0.2, 0.25) is 5.02 Å². The molecule has 0 fully saturated rings. The Hall–Kier alpha value is -2.61. The molecule has 0 aromatic heterocycles. The number of halogens is 2. The van der Waals surface area contributed by atoms with Crippen LogP contribution in [-0.4, -0.2) is 47.3 Å². The number of allylic oxidation sites excluding steroid dienone is 3. The molecule has 0 spiro atoms. The lowest BCUT2D eigenvalue weighted by Gasteiger charge is -2.19. The highest BCUT2D eigenvalue weighted by Crippen LogP contribution is 2.21. The Morgan fingerprint density at radius 2 is 2.21 bits per heavy atom. The van der Waals surface area contributed by atoms with Gasteiger partial charge in [0.05, 0.1) is 18.3 Å². The number of hydrogen-bond acceptors (Lipinski definition) is 6. The Kier molecular flexibility index (Phi) is 7.09. The van der Waals surface area contributed by atoms with Crippen LogP contribution in [-0.2, 0) is 9.63 Å². The van der Waals surface area contributed by atoms with Crippen LogP contribution in [0.15, 0.2) is 70.8 Å². The van der Waals surface area contributed by atoms with Crippen molar-refractivity contribution in [2.75, 3.05) is 12.4 Å². The highest BCUT2D eigenvalue weighted by Gasteiger charge is 2.35. The maximum Gasteiger partial charge on any atom is 0.244 e. The van der Waals surface area contributed by atoms with Crippen molar-refractivity contribution in [2.45, 2.75) is 19.3 Å². The van der Waals surface area contributed by atoms with Crippen molar-refractivity contribution in [2.24, 2.45) is 10.1 Å². The summed E-state index contributed by atoms with van der Waals surface area (Å²) in [6.07, 6.45) is 6.75. The number of hydroxylamine groups is 1. The standard InChI is InChI=1S/C20H21Cl2N5O2/c1-3-5-6-13(4-2)19-24-20(26-29-19)27-12-16(23-17(28)11-21)18(25-27)14-7-9-15(22)10-8-14/h3-10,16,20,26H,2,11-12H2,1H3,(H,23,28)/b5-3-,13-6+. The van der Waals surface area contributed by atoms with Crippen molar-refractivity contribution in [3.63, 3.8) is 0 Å². The monoisotopic (exact) mass is 433 g/mol. The lowest BCUT2D eigenvalue weighted by Crippen LogP contribution is -2.46. The van der Waals surface area contributed by atoms with Gasteiger partial charge in [0.15, 0.2) is 0 Å². The molecule has 2 atom stereocenters. The highest BCUT2D eigenvalue weighted by molar-refractivity contribution is 6.30. The SMILES string of the molecule is C=C/C(=C\C=C/C)C1=NC(N2CC(NC(=O)CCl)C(c3ccc(Cl)cc3)=N2)NO1. The molecule has 0 bridgehead atoms. The highest BCUT2D eigenvalue weighted by atomic mass is 35.5. The molecule has 0 saturated heterocycles. The summed E-state index contributed by atoms with van der Waals surface area (Å²) in [6.45, 7) is 6.11. The number of hydrogen-bond donors (Lipinski definition) is 2. The van der Waals surface area contributed by atoms with E-state index in [0.717, 1.165) is 11.1 Å². The number of nitrogens with zero attached hydrogens (tertiary/aromatic N) is 3. The van der Waals surface area contributed by atoms with Gasteiger partial charge >= 0.3 is 0 Å². The number of hydrazone groups is 1. The minimum atomic E-state index is -0.542. The van der Waals surface area contributed by atoms with Gasteiger partial charge in [0.2, 0.25) is 18.1 Å². The van der Waals surface area contributed by atoms with E-state index in [1.54, 1.807) is 23.2 Å². The van der Waals surface area contributed by atoms with E-state index in [2.05, 4.69) is 27.5 Å². The van der Waals surface area contributed by atoms with E-state index in [1.807, 2.05) is 37.3 Å². The Labute approximate surface area is 179 Å². The number of rotatable bonds is 7. The fraction of sp³-hybridized carbons (Fsp3) is 0.250. The Morgan fingerprint density at radius 3 is 2.86 bits per heavy atom. The zero-order valence-corrected chi connectivity index (χ0v) is 17.3. The van der Waals surface area contributed by atoms with Crippen LogP contribution in [0.5, 0.6) is 0 Å². The minimum absolute atomic E-state index is 0.129. The van der Waals surface area contributed by atoms with Crippen molar-refractivity contribution in [3.05, 3.63) is 71.3 Å². The topological polar surface area (TPSA) is 78.3 Å². The van der Waals surface area contributed by atoms with E-state index < -0.39 is 6.29 Å². The molecule has 2 N–H and O–H groups in total. The average Bonchev–Trinajstić information content (AvgIpc) is 3.37. The summed E-state index contributed by atoms with van der Waals surface area (Å²) < 4.78 is 0. The maximum absolute atomic E-state index is 11.9. The number of alkyl halides is 1. The minimum Gasteiger partial charge on any atom is -0.384 e. The van der Waals surface area contributed by atoms with Gasteiger partial charge in [-0.3, -0.25) is 9.80 Å². The molecule has 0 saturated carbocycles. The van der Waals surface area contributed by atoms with Gasteiger partial charge in [-0.25, -0.2) is 4.99 Å². The Bertz CT molecular complexity index is 893. The van der Waals surface area contributed by atoms with Gasteiger partial charge in [0.1, 0.15) is 5.88 Å². The van der Waals surface area contributed by atoms with E-state index in [-0.39, 0.29) is 17.8 Å². The third-order valence-electron chi connectivity index (χ3n) is 4.25. The predicted molar refractivity (Wildman–Crippen MR) is 116 cm³/mol. The van der Waals surface area contributed by atoms with Crippen LogP contribution in [0.3, 0.4) is 0 Å². The van der Waals surface area contributed by atoms with Crippen LogP contribution >= 0.6 is 23.2 Å². The summed E-state index contributed by atoms with van der Waals surface area (Å²) in [6, 6.07) is 6.91. The second kappa shape index (κ2) is 9.73. The van der Waals surface area contributed by atoms with Gasteiger partial charge in [-0.1, -0.05) is 48.5 Å². The number of aliphatic imine (C=N–C) groups is 1. The molecule has 29 heavy (non-hydrogen) atoms. The van der Waals surface area contributed by atoms with Crippen molar-refractivity contribution in [1.82, 2.24) is 15.8 Å². The molecule has 1 aromatic rings. The maximum atomic E-state index is 11.9. The normalized spacial score (nSPS) is 21.8. The van der Waals surface area contributed by atoms with Gasteiger partial charge in [-0.15, -0.1) is 17.1 Å². The van der Waals surface area contributed by atoms with Crippen molar-refractivity contribution in [1.29, 1.82) is 0 Å². The van der Waals surface area contributed by atoms with Gasteiger partial charge < -0.3 is 10.2 Å². The Morgan fingerprint density at radius 1 is 1.45 bits per heavy atom. The van der Waals surface area contributed by atoms with E-state index in [9.17, 15) is 4.79 Å². The summed E-state index contributed by atoms with van der Waals surface area (Å²) >= 11 is 11.7. The number of carbonyl (C=O) groups excluding carboxylic acids is 1. The summed E-state index contributed by atoms with van der Waals surface area (Å²) in [7, 11) is 0. The fourth-order valence-electron chi connectivity index (χ4n) is 2.86. The molecule has 7 nitrogen and oxygen atoms in total. The van der Waals surface area contributed by atoms with Gasteiger partial charge in [-0.05, 0) is 25.1 Å². The fourth-order valence-corrected chi connectivity index (χ4v) is 3.07. The number of nitrogens with one attached hydrogen (secondary N) is 2. The molecule has 1 amide bonds. The van der Waals surface area contributed by atoms with Crippen LogP contribution in [0, 0.1) is 0 Å². The number of amides is 1. The molecule has 2 heterocycles. The van der Waals surface area contributed by atoms with Gasteiger partial charge in [-0.2, -0.15) is 5.10 Å². The number of benzene rings is 1. The van der Waals surface area contributed by atoms with Crippen molar-refractivity contribution >= 4 is 40.7 Å². The van der Waals surface area contributed by atoms with Crippen molar-refractivity contribution in [3.8, 4) is 0 Å². The summed E-state index contributed by atoms with van der Waals surface area (Å²) in [5.41, 5.74) is 5.13. The first-order valence-electron chi connectivity index (χ1n) is 8.98. The molecule has 9 heteroatoms. The third-order valence-corrected chi connectivity index (χ3v) is 4.75. The van der Waals surface area contributed by atoms with Crippen molar-refractivity contribution < 1.29 is 9.63 Å². The molecule has 2 aliphatic rings. The smallest absolute Gasteiger partial charge is 0.244 e. The van der Waals surface area contributed by atoms with Gasteiger partial charge in [0, 0.05) is 16.2 Å². The Balaban J connectivity index is 1.85. The first-order chi connectivity index (χ1) is 14.0. The lowest BCUT2D eigenvalue weighted by molar-refractivity contribution is -0.119. The zero-order chi connectivity index (χ0) is 20.8. The van der Waals surface area contributed by atoms with E-state index in [4.69, 9.17) is 28.0 Å². The third kappa shape index (κ3) is 5.06. The summed E-state index contributed by atoms with van der Waals surface area (Å²) in [4.78, 5) is 21.9. The second-order valence-corrected chi connectivity index (χ2v) is 6.95. The zero-order valence-electron chi connectivity index (χ0n) is 15.8. The second-order valence-electron chi connectivity index (χ2n) is 6.25. The first kappa shape index (κ1) is 21.1. The first-order valence-corrected chi connectivity index (χ1v) is 9.89. The lowest BCUT2D eigenvalue weighted by atomic mass is 10.0. The molecular weight excluding hydrogens is 413 g/mol. The van der Waals surface area contributed by atoms with Crippen LogP contribution < -0.4 is 10.8 Å². The van der Waals surface area contributed by atoms with Crippen LogP contribution in [0.1, 0.15) is 12.5 Å². The largest absolute Gasteiger partial charge is 0.384 e. The molecule has 2 aliphatic heterocycles. The molecule has 1 aromatic carbocycles. The predicted octanol–water partition coefficient (Wildman–Crippen LogP) is 2.99. The van der Waals surface area contributed by atoms with E-state index in [0.29, 0.717) is 23.2 Å². The number of carbonyl (C=O) groups is 1. The molecule has 0 radical (unpaired) electrons. The average molecular weight is 434 g/mol. The van der Waals surface area contributed by atoms with Gasteiger partial charge in [0.25, 0.3) is 0 Å².